The van der Waals surface area contributed by atoms with Crippen molar-refractivity contribution in [2.24, 2.45) is 0 Å². The van der Waals surface area contributed by atoms with Gasteiger partial charge in [-0.2, -0.15) is 0 Å². The van der Waals surface area contributed by atoms with Crippen molar-refractivity contribution >= 4 is 11.9 Å². The number of amides is 3. The SMILES string of the molecule is CC1CC(=O)N(C)C(=O)N1. The number of rotatable bonds is 0. The van der Waals surface area contributed by atoms with E-state index in [1.54, 1.807) is 0 Å². The van der Waals surface area contributed by atoms with Crippen LogP contribution in [-0.4, -0.2) is 29.9 Å². The van der Waals surface area contributed by atoms with Gasteiger partial charge in [-0.15, -0.1) is 0 Å². The fraction of sp³-hybridized carbons (Fsp3) is 0.667. The van der Waals surface area contributed by atoms with Crippen LogP contribution in [0.1, 0.15) is 13.3 Å². The van der Waals surface area contributed by atoms with Crippen LogP contribution >= 0.6 is 0 Å². The highest BCUT2D eigenvalue weighted by molar-refractivity contribution is 5.96. The first-order valence-electron chi connectivity index (χ1n) is 3.18. The van der Waals surface area contributed by atoms with Gasteiger partial charge in [0, 0.05) is 19.5 Å². The lowest BCUT2D eigenvalue weighted by atomic mass is 10.2. The largest absolute Gasteiger partial charge is 0.335 e. The normalized spacial score (nSPS) is 26.6. The van der Waals surface area contributed by atoms with Gasteiger partial charge in [-0.25, -0.2) is 4.79 Å². The van der Waals surface area contributed by atoms with Gasteiger partial charge in [0.05, 0.1) is 0 Å². The summed E-state index contributed by atoms with van der Waals surface area (Å²) in [5.74, 6) is -0.115. The van der Waals surface area contributed by atoms with E-state index in [1.807, 2.05) is 6.92 Å². The van der Waals surface area contributed by atoms with Gasteiger partial charge in [0.25, 0.3) is 0 Å². The third kappa shape index (κ3) is 1.10. The van der Waals surface area contributed by atoms with Crippen LogP contribution in [0.5, 0.6) is 0 Å². The average molecular weight is 142 g/mol. The third-order valence-electron chi connectivity index (χ3n) is 1.53. The number of nitrogens with zero attached hydrogens (tertiary/aromatic N) is 1. The molecule has 1 aliphatic rings. The van der Waals surface area contributed by atoms with Crippen LogP contribution in [0.3, 0.4) is 0 Å². The van der Waals surface area contributed by atoms with Gasteiger partial charge < -0.3 is 5.32 Å². The van der Waals surface area contributed by atoms with Crippen molar-refractivity contribution in [3.8, 4) is 0 Å². The third-order valence-corrected chi connectivity index (χ3v) is 1.53. The summed E-state index contributed by atoms with van der Waals surface area (Å²) in [7, 11) is 1.48. The lowest BCUT2D eigenvalue weighted by Crippen LogP contribution is -2.51. The average Bonchev–Trinajstić information content (AvgIpc) is 1.82. The summed E-state index contributed by atoms with van der Waals surface area (Å²) in [6, 6.07) is -0.319. The van der Waals surface area contributed by atoms with Crippen molar-refractivity contribution in [1.29, 1.82) is 0 Å². The molecule has 1 rings (SSSR count). The second-order valence-corrected chi connectivity index (χ2v) is 2.51. The Morgan fingerprint density at radius 1 is 1.60 bits per heavy atom. The number of hydrogen-bond acceptors (Lipinski definition) is 2. The van der Waals surface area contributed by atoms with Crippen molar-refractivity contribution in [3.05, 3.63) is 0 Å². The zero-order chi connectivity index (χ0) is 7.72. The summed E-state index contributed by atoms with van der Waals surface area (Å²) in [4.78, 5) is 22.8. The second-order valence-electron chi connectivity index (χ2n) is 2.51. The van der Waals surface area contributed by atoms with Crippen LogP contribution < -0.4 is 5.32 Å². The molecule has 56 valence electrons. The molecule has 0 saturated carbocycles. The van der Waals surface area contributed by atoms with E-state index in [0.29, 0.717) is 6.42 Å². The van der Waals surface area contributed by atoms with E-state index in [1.165, 1.54) is 7.05 Å². The Labute approximate surface area is 59.2 Å². The predicted octanol–water partition coefficient (Wildman–Crippen LogP) is -0.0534. The fourth-order valence-electron chi connectivity index (χ4n) is 0.871. The molecule has 0 aliphatic carbocycles. The maximum atomic E-state index is 10.9. The van der Waals surface area contributed by atoms with Crippen LogP contribution in [0.25, 0.3) is 0 Å². The highest BCUT2D eigenvalue weighted by Gasteiger charge is 2.25. The molecule has 0 aromatic heterocycles. The summed E-state index contributed by atoms with van der Waals surface area (Å²) in [6.45, 7) is 1.81. The Balaban J connectivity index is 2.66. The molecule has 1 saturated heterocycles. The van der Waals surface area contributed by atoms with Gasteiger partial charge >= 0.3 is 6.03 Å². The summed E-state index contributed by atoms with van der Waals surface area (Å²) in [5.41, 5.74) is 0. The Morgan fingerprint density at radius 3 is 2.70 bits per heavy atom. The van der Waals surface area contributed by atoms with E-state index in [-0.39, 0.29) is 18.0 Å². The zero-order valence-corrected chi connectivity index (χ0v) is 6.05. The van der Waals surface area contributed by atoms with E-state index < -0.39 is 0 Å². The maximum absolute atomic E-state index is 10.9. The summed E-state index contributed by atoms with van der Waals surface area (Å²) in [5, 5.41) is 2.63. The maximum Gasteiger partial charge on any atom is 0.324 e. The summed E-state index contributed by atoms with van der Waals surface area (Å²) in [6.07, 6.45) is 0.405. The van der Waals surface area contributed by atoms with Crippen molar-refractivity contribution in [3.63, 3.8) is 0 Å². The van der Waals surface area contributed by atoms with E-state index in [2.05, 4.69) is 5.32 Å². The van der Waals surface area contributed by atoms with Crippen molar-refractivity contribution in [2.75, 3.05) is 7.05 Å². The van der Waals surface area contributed by atoms with Crippen molar-refractivity contribution in [1.82, 2.24) is 10.2 Å². The van der Waals surface area contributed by atoms with E-state index >= 15 is 0 Å². The molecule has 1 aliphatic heterocycles. The first-order valence-corrected chi connectivity index (χ1v) is 3.18. The minimum Gasteiger partial charge on any atom is -0.335 e. The Morgan fingerprint density at radius 2 is 2.20 bits per heavy atom. The van der Waals surface area contributed by atoms with Crippen LogP contribution in [0.2, 0.25) is 0 Å². The molecule has 4 nitrogen and oxygen atoms in total. The summed E-state index contributed by atoms with van der Waals surface area (Å²) < 4.78 is 0. The van der Waals surface area contributed by atoms with Gasteiger partial charge in [0.1, 0.15) is 0 Å². The molecule has 1 atom stereocenters. The Bertz CT molecular complexity index is 161. The van der Waals surface area contributed by atoms with Gasteiger partial charge in [0.2, 0.25) is 5.91 Å². The number of hydrogen-bond donors (Lipinski definition) is 1. The van der Waals surface area contributed by atoms with Gasteiger partial charge in [-0.05, 0) is 6.92 Å². The van der Waals surface area contributed by atoms with E-state index in [4.69, 9.17) is 0 Å². The smallest absolute Gasteiger partial charge is 0.324 e. The molecule has 10 heavy (non-hydrogen) atoms. The number of imide groups is 1. The minimum absolute atomic E-state index is 0.0174. The molecule has 1 N–H and O–H groups in total. The monoisotopic (exact) mass is 142 g/mol. The number of carbonyl (C=O) groups is 2. The number of carbonyl (C=O) groups excluding carboxylic acids is 2. The first kappa shape index (κ1) is 7.05. The van der Waals surface area contributed by atoms with Crippen LogP contribution in [0.4, 0.5) is 4.79 Å². The second kappa shape index (κ2) is 2.28. The van der Waals surface area contributed by atoms with Gasteiger partial charge in [-0.1, -0.05) is 0 Å². The summed E-state index contributed by atoms with van der Waals surface area (Å²) >= 11 is 0. The Hall–Kier alpha value is -1.06. The molecule has 0 aromatic carbocycles. The zero-order valence-electron chi connectivity index (χ0n) is 6.05. The first-order chi connectivity index (χ1) is 4.61. The van der Waals surface area contributed by atoms with Crippen molar-refractivity contribution < 1.29 is 9.59 Å². The number of urea groups is 1. The fourth-order valence-corrected chi connectivity index (χ4v) is 0.871. The molecule has 1 heterocycles. The van der Waals surface area contributed by atoms with Crippen molar-refractivity contribution in [2.45, 2.75) is 19.4 Å². The molecule has 0 bridgehead atoms. The van der Waals surface area contributed by atoms with Crippen LogP contribution in [0.15, 0.2) is 0 Å². The molecule has 4 heteroatoms. The molecule has 1 unspecified atom stereocenters. The molecule has 0 spiro atoms. The number of nitrogens with one attached hydrogen (secondary N) is 1. The molecular formula is C6H10N2O2. The quantitative estimate of drug-likeness (QED) is 0.515. The lowest BCUT2D eigenvalue weighted by Gasteiger charge is -2.25. The lowest BCUT2D eigenvalue weighted by molar-refractivity contribution is -0.128. The minimum atomic E-state index is -0.302. The topological polar surface area (TPSA) is 49.4 Å². The molecule has 1 fully saturated rings. The van der Waals surface area contributed by atoms with Crippen LogP contribution in [0, 0.1) is 0 Å². The van der Waals surface area contributed by atoms with E-state index in [0.717, 1.165) is 4.90 Å². The Kier molecular flexibility index (Phi) is 1.61. The molecule has 0 aromatic rings. The molecule has 3 amide bonds. The highest BCUT2D eigenvalue weighted by atomic mass is 16.2. The highest BCUT2D eigenvalue weighted by Crippen LogP contribution is 2.03. The predicted molar refractivity (Wildman–Crippen MR) is 35.4 cm³/mol. The standard InChI is InChI=1S/C6H10N2O2/c1-4-3-5(9)8(2)6(10)7-4/h4H,3H2,1-2H3,(H,7,10). The van der Waals surface area contributed by atoms with Gasteiger partial charge in [-0.3, -0.25) is 9.69 Å². The molecule has 0 radical (unpaired) electrons. The van der Waals surface area contributed by atoms with Crippen LogP contribution in [-0.2, 0) is 4.79 Å². The molecular weight excluding hydrogens is 132 g/mol. The van der Waals surface area contributed by atoms with E-state index in [9.17, 15) is 9.59 Å². The van der Waals surface area contributed by atoms with Gasteiger partial charge in [0.15, 0.2) is 0 Å².